The molecule has 1 amide bonds. The van der Waals surface area contributed by atoms with Crippen molar-refractivity contribution in [2.24, 2.45) is 0 Å². The number of ether oxygens (including phenoxy) is 2. The molecule has 0 saturated carbocycles. The van der Waals surface area contributed by atoms with Crippen molar-refractivity contribution < 1.29 is 23.9 Å². The van der Waals surface area contributed by atoms with Gasteiger partial charge in [0, 0.05) is 23.7 Å². The molecule has 2 aromatic rings. The van der Waals surface area contributed by atoms with Gasteiger partial charge in [-0.1, -0.05) is 18.2 Å². The van der Waals surface area contributed by atoms with Crippen LogP contribution in [-0.2, 0) is 20.7 Å². The minimum absolute atomic E-state index is 0.000606. The normalized spacial score (nSPS) is 15.0. The predicted octanol–water partition coefficient (Wildman–Crippen LogP) is 3.57. The van der Waals surface area contributed by atoms with Gasteiger partial charge in [-0.3, -0.25) is 14.4 Å². The number of hydrogen-bond acceptors (Lipinski definition) is 5. The van der Waals surface area contributed by atoms with Crippen LogP contribution >= 0.6 is 0 Å². The Morgan fingerprint density at radius 3 is 2.52 bits per heavy atom. The van der Waals surface area contributed by atoms with Crippen LogP contribution < -0.4 is 9.64 Å². The third kappa shape index (κ3) is 5.22. The fourth-order valence-electron chi connectivity index (χ4n) is 3.42. The highest BCUT2D eigenvalue weighted by atomic mass is 16.5. The van der Waals surface area contributed by atoms with Crippen LogP contribution in [0.3, 0.4) is 0 Å². The number of hydrogen-bond donors (Lipinski definition) is 0. The third-order valence-electron chi connectivity index (χ3n) is 4.89. The number of carbonyl (C=O) groups excluding carboxylic acids is 3. The van der Waals surface area contributed by atoms with Crippen molar-refractivity contribution in [1.82, 2.24) is 0 Å². The number of anilines is 1. The average Bonchev–Trinajstić information content (AvgIpc) is 3.05. The molecule has 0 spiro atoms. The molecule has 1 heterocycles. The van der Waals surface area contributed by atoms with E-state index >= 15 is 0 Å². The quantitative estimate of drug-likeness (QED) is 0.388. The summed E-state index contributed by atoms with van der Waals surface area (Å²) in [7, 11) is 0. The van der Waals surface area contributed by atoms with Crippen LogP contribution in [0.4, 0.5) is 5.69 Å². The zero-order valence-electron chi connectivity index (χ0n) is 16.7. The lowest BCUT2D eigenvalue weighted by Gasteiger charge is -2.22. The second-order valence-electron chi connectivity index (χ2n) is 7.14. The van der Waals surface area contributed by atoms with Crippen molar-refractivity contribution in [3.8, 4) is 5.75 Å². The summed E-state index contributed by atoms with van der Waals surface area (Å²) in [6.07, 6.45) is 1.45. The lowest BCUT2D eigenvalue weighted by Crippen LogP contribution is -2.38. The van der Waals surface area contributed by atoms with Crippen LogP contribution in [0.15, 0.2) is 48.5 Å². The SMILES string of the molecule is CC(=O)c1ccc(OCCCC(=O)OCC(=O)N2c3ccccc3C[C@@H]2C)cc1. The number of amides is 1. The summed E-state index contributed by atoms with van der Waals surface area (Å²) < 4.78 is 10.7. The summed E-state index contributed by atoms with van der Waals surface area (Å²) in [6.45, 7) is 3.58. The number of ketones is 1. The van der Waals surface area contributed by atoms with Gasteiger partial charge < -0.3 is 14.4 Å². The van der Waals surface area contributed by atoms with E-state index in [0.29, 0.717) is 24.3 Å². The Morgan fingerprint density at radius 2 is 1.79 bits per heavy atom. The highest BCUT2D eigenvalue weighted by molar-refractivity contribution is 5.97. The van der Waals surface area contributed by atoms with Gasteiger partial charge in [-0.2, -0.15) is 0 Å². The first-order valence-corrected chi connectivity index (χ1v) is 9.75. The van der Waals surface area contributed by atoms with E-state index in [1.807, 2.05) is 31.2 Å². The van der Waals surface area contributed by atoms with Crippen LogP contribution in [0, 0.1) is 0 Å². The van der Waals surface area contributed by atoms with Gasteiger partial charge in [-0.25, -0.2) is 0 Å². The maximum absolute atomic E-state index is 12.5. The molecule has 0 bridgehead atoms. The fraction of sp³-hybridized carbons (Fsp3) is 0.348. The Hall–Kier alpha value is -3.15. The van der Waals surface area contributed by atoms with Crippen LogP contribution in [0.25, 0.3) is 0 Å². The van der Waals surface area contributed by atoms with E-state index in [9.17, 15) is 14.4 Å². The van der Waals surface area contributed by atoms with Crippen molar-refractivity contribution >= 4 is 23.3 Å². The Bertz CT molecular complexity index is 890. The molecule has 0 aliphatic carbocycles. The predicted molar refractivity (Wildman–Crippen MR) is 109 cm³/mol. The lowest BCUT2D eigenvalue weighted by molar-refractivity contribution is -0.148. The highest BCUT2D eigenvalue weighted by Crippen LogP contribution is 2.31. The topological polar surface area (TPSA) is 72.9 Å². The molecule has 0 unspecified atom stereocenters. The first kappa shape index (κ1) is 20.6. The van der Waals surface area contributed by atoms with E-state index in [4.69, 9.17) is 9.47 Å². The summed E-state index contributed by atoms with van der Waals surface area (Å²) in [5, 5.41) is 0. The Labute approximate surface area is 170 Å². The molecule has 152 valence electrons. The fourth-order valence-corrected chi connectivity index (χ4v) is 3.42. The molecule has 0 aromatic heterocycles. The van der Waals surface area contributed by atoms with Crippen molar-refractivity contribution in [1.29, 1.82) is 0 Å². The maximum atomic E-state index is 12.5. The zero-order chi connectivity index (χ0) is 20.8. The van der Waals surface area contributed by atoms with E-state index < -0.39 is 5.97 Å². The summed E-state index contributed by atoms with van der Waals surface area (Å²) >= 11 is 0. The first-order chi connectivity index (χ1) is 14.0. The molecule has 0 fully saturated rings. The van der Waals surface area contributed by atoms with Crippen LogP contribution in [0.1, 0.15) is 42.6 Å². The van der Waals surface area contributed by atoms with Crippen LogP contribution in [-0.4, -0.2) is 36.9 Å². The molecule has 0 saturated heterocycles. The Morgan fingerprint density at radius 1 is 1.07 bits per heavy atom. The van der Waals surface area contributed by atoms with Gasteiger partial charge in [0.25, 0.3) is 5.91 Å². The number of rotatable bonds is 8. The Balaban J connectivity index is 1.38. The van der Waals surface area contributed by atoms with Gasteiger partial charge in [0.1, 0.15) is 5.75 Å². The highest BCUT2D eigenvalue weighted by Gasteiger charge is 2.30. The van der Waals surface area contributed by atoms with Crippen molar-refractivity contribution in [2.75, 3.05) is 18.1 Å². The molecule has 6 nitrogen and oxygen atoms in total. The first-order valence-electron chi connectivity index (χ1n) is 9.75. The smallest absolute Gasteiger partial charge is 0.306 e. The molecule has 0 radical (unpaired) electrons. The maximum Gasteiger partial charge on any atom is 0.306 e. The number of Topliss-reactive ketones (excluding diaryl/α,β-unsaturated/α-hetero) is 1. The number of esters is 1. The lowest BCUT2D eigenvalue weighted by atomic mass is 10.1. The summed E-state index contributed by atoms with van der Waals surface area (Å²) in [6, 6.07) is 14.7. The molecular weight excluding hydrogens is 370 g/mol. The largest absolute Gasteiger partial charge is 0.494 e. The molecule has 29 heavy (non-hydrogen) atoms. The van der Waals surface area contributed by atoms with E-state index in [-0.39, 0.29) is 30.8 Å². The minimum atomic E-state index is -0.422. The standard InChI is InChI=1S/C23H25NO5/c1-16-14-19-6-3-4-7-21(19)24(16)22(26)15-29-23(27)8-5-13-28-20-11-9-18(10-12-20)17(2)25/h3-4,6-7,9-12,16H,5,8,13-15H2,1-2H3/t16-/m0/s1. The van der Waals surface area contributed by atoms with Crippen molar-refractivity contribution in [3.05, 3.63) is 59.7 Å². The summed E-state index contributed by atoms with van der Waals surface area (Å²) in [4.78, 5) is 37.4. The van der Waals surface area contributed by atoms with Crippen molar-refractivity contribution in [3.63, 3.8) is 0 Å². The summed E-state index contributed by atoms with van der Waals surface area (Å²) in [5.74, 6) is 0.00695. The Kier molecular flexibility index (Phi) is 6.65. The molecule has 0 N–H and O–H groups in total. The van der Waals surface area contributed by atoms with E-state index in [1.54, 1.807) is 29.2 Å². The number of para-hydroxylation sites is 1. The van der Waals surface area contributed by atoms with Gasteiger partial charge in [0.15, 0.2) is 12.4 Å². The van der Waals surface area contributed by atoms with Gasteiger partial charge in [-0.05, 0) is 62.6 Å². The van der Waals surface area contributed by atoms with Gasteiger partial charge in [-0.15, -0.1) is 0 Å². The molecule has 1 aliphatic rings. The van der Waals surface area contributed by atoms with Crippen LogP contribution in [0.5, 0.6) is 5.75 Å². The minimum Gasteiger partial charge on any atom is -0.494 e. The number of fused-ring (bicyclic) bond motifs is 1. The second kappa shape index (κ2) is 9.37. The summed E-state index contributed by atoms with van der Waals surface area (Å²) in [5.41, 5.74) is 2.65. The van der Waals surface area contributed by atoms with Crippen LogP contribution in [0.2, 0.25) is 0 Å². The van der Waals surface area contributed by atoms with E-state index in [2.05, 4.69) is 0 Å². The average molecular weight is 395 g/mol. The van der Waals surface area contributed by atoms with Crippen molar-refractivity contribution in [2.45, 2.75) is 39.2 Å². The molecular formula is C23H25NO5. The molecule has 2 aromatic carbocycles. The number of carbonyl (C=O) groups is 3. The second-order valence-corrected chi connectivity index (χ2v) is 7.14. The van der Waals surface area contributed by atoms with Gasteiger partial charge in [0.2, 0.25) is 0 Å². The molecule has 6 heteroatoms. The molecule has 1 atom stereocenters. The number of nitrogens with zero attached hydrogens (tertiary/aromatic N) is 1. The zero-order valence-corrected chi connectivity index (χ0v) is 16.7. The van der Waals surface area contributed by atoms with E-state index in [0.717, 1.165) is 17.7 Å². The molecule has 1 aliphatic heterocycles. The van der Waals surface area contributed by atoms with Gasteiger partial charge in [0.05, 0.1) is 6.61 Å². The van der Waals surface area contributed by atoms with E-state index in [1.165, 1.54) is 6.92 Å². The van der Waals surface area contributed by atoms with Gasteiger partial charge >= 0.3 is 5.97 Å². The third-order valence-corrected chi connectivity index (χ3v) is 4.89. The monoisotopic (exact) mass is 395 g/mol. The number of benzene rings is 2. The molecule has 3 rings (SSSR count).